The molecule has 3 aromatic rings. The molecular weight excluding hydrogens is 418 g/mol. The van der Waals surface area contributed by atoms with Crippen LogP contribution in [0.5, 0.6) is 0 Å². The molecule has 1 aromatic heterocycles. The van der Waals surface area contributed by atoms with E-state index >= 15 is 0 Å². The Morgan fingerprint density at radius 3 is 2.58 bits per heavy atom. The highest BCUT2D eigenvalue weighted by Gasteiger charge is 2.47. The summed E-state index contributed by atoms with van der Waals surface area (Å²) in [6, 6.07) is 17.4. The maximum atomic E-state index is 6.55. The van der Waals surface area contributed by atoms with Gasteiger partial charge in [-0.1, -0.05) is 77.0 Å². The van der Waals surface area contributed by atoms with Gasteiger partial charge in [0.25, 0.3) is 0 Å². The van der Waals surface area contributed by atoms with Crippen molar-refractivity contribution in [3.63, 3.8) is 0 Å². The smallest absolute Gasteiger partial charge is 0.349 e. The van der Waals surface area contributed by atoms with E-state index in [0.717, 1.165) is 17.7 Å². The third kappa shape index (κ3) is 2.48. The fourth-order valence-corrected chi connectivity index (χ4v) is 9.94. The second-order valence-electron chi connectivity index (χ2n) is 7.92. The number of aromatic nitrogens is 2. The highest BCUT2D eigenvalue weighted by molar-refractivity contribution is 7.75. The lowest BCUT2D eigenvalue weighted by atomic mass is 9.93. The first kappa shape index (κ1) is 17.5. The van der Waals surface area contributed by atoms with E-state index in [0.29, 0.717) is 5.92 Å². The van der Waals surface area contributed by atoms with Gasteiger partial charge in [-0.25, -0.2) is 0 Å². The van der Waals surface area contributed by atoms with Crippen LogP contribution in [0, 0.1) is 0 Å². The summed E-state index contributed by atoms with van der Waals surface area (Å²) in [6.45, 7) is 0. The summed E-state index contributed by atoms with van der Waals surface area (Å²) in [5.74, 6) is 0.327. The molecule has 2 aliphatic heterocycles. The zero-order valence-electron chi connectivity index (χ0n) is 16.6. The molecule has 3 unspecified atom stereocenters. The Hall–Kier alpha value is -3.12. The molecular formula is C26H18N2OP2+2. The number of allylic oxidation sites excluding steroid dienone is 8. The summed E-state index contributed by atoms with van der Waals surface area (Å²) in [5, 5.41) is 14.8. The Kier molecular flexibility index (Phi) is 3.79. The van der Waals surface area contributed by atoms with Crippen LogP contribution >= 0.6 is 15.1 Å². The van der Waals surface area contributed by atoms with E-state index in [1.807, 2.05) is 0 Å². The molecule has 0 saturated carbocycles. The Morgan fingerprint density at radius 1 is 0.839 bits per heavy atom. The van der Waals surface area contributed by atoms with Crippen LogP contribution in [0.1, 0.15) is 23.5 Å². The Morgan fingerprint density at radius 2 is 1.65 bits per heavy atom. The lowest BCUT2D eigenvalue weighted by Gasteiger charge is -2.05. The lowest BCUT2D eigenvalue weighted by molar-refractivity contribution is 0.630. The topological polar surface area (TPSA) is 38.9 Å². The molecule has 5 heteroatoms. The van der Waals surface area contributed by atoms with Crippen molar-refractivity contribution in [3.8, 4) is 0 Å². The van der Waals surface area contributed by atoms with Gasteiger partial charge in [-0.2, -0.15) is 0 Å². The number of benzene rings is 2. The van der Waals surface area contributed by atoms with Gasteiger partial charge in [0.2, 0.25) is 15.1 Å². The zero-order chi connectivity index (χ0) is 20.4. The van der Waals surface area contributed by atoms with Gasteiger partial charge in [-0.3, -0.25) is 0 Å². The van der Waals surface area contributed by atoms with Crippen molar-refractivity contribution in [2.45, 2.75) is 12.3 Å². The minimum atomic E-state index is -0.783. The summed E-state index contributed by atoms with van der Waals surface area (Å²) in [5.41, 5.74) is 5.60. The predicted octanol–water partition coefficient (Wildman–Crippen LogP) is 3.86. The van der Waals surface area contributed by atoms with E-state index in [2.05, 4.69) is 101 Å². The van der Waals surface area contributed by atoms with E-state index in [9.17, 15) is 0 Å². The third-order valence-electron chi connectivity index (χ3n) is 6.28. The quantitative estimate of drug-likeness (QED) is 0.573. The molecule has 0 saturated heterocycles. The number of hydrogen-bond acceptors (Lipinski definition) is 3. The predicted molar refractivity (Wildman–Crippen MR) is 132 cm³/mol. The first-order valence-corrected chi connectivity index (χ1v) is 13.2. The van der Waals surface area contributed by atoms with E-state index in [1.165, 1.54) is 37.9 Å². The summed E-state index contributed by atoms with van der Waals surface area (Å²) in [4.78, 5) is 0. The second-order valence-corrected chi connectivity index (χ2v) is 12.0. The van der Waals surface area contributed by atoms with E-state index in [-0.39, 0.29) is 0 Å². The molecule has 0 fully saturated rings. The van der Waals surface area contributed by atoms with Crippen LogP contribution in [-0.2, 0) is 0 Å². The molecule has 0 spiro atoms. The number of hydrogen-bond donors (Lipinski definition) is 0. The van der Waals surface area contributed by atoms with Gasteiger partial charge in [0.05, 0.1) is 5.92 Å². The van der Waals surface area contributed by atoms with Crippen LogP contribution in [0.25, 0.3) is 5.57 Å². The van der Waals surface area contributed by atoms with E-state index in [1.54, 1.807) is 0 Å². The maximum absolute atomic E-state index is 6.55. The fraction of sp³-hybridized carbons (Fsp3) is 0.0769. The molecule has 2 aromatic carbocycles. The van der Waals surface area contributed by atoms with Crippen LogP contribution in [0.4, 0.5) is 0 Å². The third-order valence-corrected chi connectivity index (χ3v) is 11.1. The van der Waals surface area contributed by atoms with Gasteiger partial charge in [0, 0.05) is 23.1 Å². The van der Waals surface area contributed by atoms with Crippen LogP contribution < -0.4 is 21.9 Å². The average Bonchev–Trinajstić information content (AvgIpc) is 3.51. The minimum absolute atomic E-state index is 0.327. The number of nitrogens with zero attached hydrogens (tertiary/aromatic N) is 2. The normalized spacial score (nSPS) is 22.3. The number of fused-ring (bicyclic) bond motifs is 6. The molecule has 0 radical (unpaired) electrons. The molecule has 3 atom stereocenters. The standard InChI is InChI=1S/C26H18N2OP2/c1-5-13-21-17(9-1)18-10-2-6-14-22(18)30(21)25-27-28-26(29-25)31-23-15-7-3-11-19(23)20-12-4-8-16-24(20)31/h1-15,17H,16H2/q+2. The van der Waals surface area contributed by atoms with E-state index in [4.69, 9.17) is 4.42 Å². The van der Waals surface area contributed by atoms with Gasteiger partial charge in [-0.15, -0.1) is 0 Å². The van der Waals surface area contributed by atoms with Crippen molar-refractivity contribution in [1.29, 1.82) is 0 Å². The molecule has 3 heterocycles. The Labute approximate surface area is 182 Å². The van der Waals surface area contributed by atoms with Crippen molar-refractivity contribution in [2.24, 2.45) is 0 Å². The molecule has 4 aliphatic rings. The molecule has 0 amide bonds. The summed E-state index contributed by atoms with van der Waals surface area (Å²) >= 11 is 0. The summed E-state index contributed by atoms with van der Waals surface area (Å²) in [6.07, 6.45) is 16.4. The molecule has 146 valence electrons. The Bertz CT molecular complexity index is 1440. The first-order chi connectivity index (χ1) is 15.4. The zero-order valence-corrected chi connectivity index (χ0v) is 18.4. The van der Waals surface area contributed by atoms with Gasteiger partial charge < -0.3 is 4.42 Å². The SMILES string of the molecule is C1=CCC2=[P+](c3nnc([P+]4=C5C=CC=CC5c5ccccc54)o3)c3ccccc3C2=C1. The van der Waals surface area contributed by atoms with Gasteiger partial charge in [0.15, 0.2) is 10.6 Å². The van der Waals surface area contributed by atoms with Crippen molar-refractivity contribution in [3.05, 3.63) is 102 Å². The second kappa shape index (κ2) is 6.69. The fourth-order valence-electron chi connectivity index (χ4n) is 4.97. The molecule has 7 rings (SSSR count). The average molecular weight is 436 g/mol. The van der Waals surface area contributed by atoms with Crippen molar-refractivity contribution in [2.75, 3.05) is 0 Å². The van der Waals surface area contributed by atoms with Crippen molar-refractivity contribution in [1.82, 2.24) is 10.2 Å². The monoisotopic (exact) mass is 436 g/mol. The molecule has 0 bridgehead atoms. The lowest BCUT2D eigenvalue weighted by Crippen LogP contribution is -2.11. The van der Waals surface area contributed by atoms with Gasteiger partial charge in [-0.05, 0) is 24.3 Å². The van der Waals surface area contributed by atoms with Crippen LogP contribution in [0.2, 0.25) is 0 Å². The first-order valence-electron chi connectivity index (χ1n) is 10.5. The molecule has 0 N–H and O–H groups in total. The number of rotatable bonds is 2. The van der Waals surface area contributed by atoms with Gasteiger partial charge in [0.1, 0.15) is 10.6 Å². The summed E-state index contributed by atoms with van der Waals surface area (Å²) < 4.78 is 6.55. The highest BCUT2D eigenvalue weighted by atomic mass is 31.1. The van der Waals surface area contributed by atoms with E-state index < -0.39 is 15.1 Å². The molecule has 3 nitrogen and oxygen atoms in total. The highest BCUT2D eigenvalue weighted by Crippen LogP contribution is 2.44. The minimum Gasteiger partial charge on any atom is -0.349 e. The Balaban J connectivity index is 1.41. The van der Waals surface area contributed by atoms with Crippen LogP contribution in [0.3, 0.4) is 0 Å². The maximum Gasteiger partial charge on any atom is 0.434 e. The largest absolute Gasteiger partial charge is 0.434 e. The summed E-state index contributed by atoms with van der Waals surface area (Å²) in [7, 11) is -1.55. The van der Waals surface area contributed by atoms with Crippen LogP contribution in [0.15, 0.2) is 95.5 Å². The van der Waals surface area contributed by atoms with Crippen molar-refractivity contribution >= 4 is 53.1 Å². The molecule has 31 heavy (non-hydrogen) atoms. The van der Waals surface area contributed by atoms with Crippen molar-refractivity contribution < 1.29 is 4.42 Å². The van der Waals surface area contributed by atoms with Crippen LogP contribution in [-0.4, -0.2) is 20.8 Å². The molecule has 2 aliphatic carbocycles. The van der Waals surface area contributed by atoms with Gasteiger partial charge >= 0.3 is 11.3 Å².